The summed E-state index contributed by atoms with van der Waals surface area (Å²) in [7, 11) is -2.36. The maximum absolute atomic E-state index is 13.3. The largest absolute Gasteiger partial charge is 0.496 e. The van der Waals surface area contributed by atoms with Crippen molar-refractivity contribution in [2.75, 3.05) is 7.11 Å². The van der Waals surface area contributed by atoms with Crippen LogP contribution in [0, 0.1) is 6.92 Å². The molecule has 1 aromatic rings. The van der Waals surface area contributed by atoms with Gasteiger partial charge < -0.3 is 4.74 Å². The van der Waals surface area contributed by atoms with Gasteiger partial charge in [0.05, 0.1) is 20.1 Å². The number of sulfonamides is 1. The number of carbonyl (C=O) groups is 1. The average molecular weight is 452 g/mol. The lowest BCUT2D eigenvalue weighted by molar-refractivity contribution is -0.125. The van der Waals surface area contributed by atoms with Crippen LogP contribution in [-0.4, -0.2) is 42.0 Å². The van der Waals surface area contributed by atoms with Gasteiger partial charge in [0.1, 0.15) is 10.7 Å². The van der Waals surface area contributed by atoms with Crippen LogP contribution in [0.2, 0.25) is 5.02 Å². The standard InChI is InChI=1S/C18H27ClNO4PS2/c1-11(2)25(26,12(3)4)18-9-17(21)20(27(18,22)23)10-14-15(19)7-13(5)8-16(14)24-6/h7-8,11-12,18H,9-10H2,1-6H3. The SMILES string of the molecule is COc1cc(C)cc(Cl)c1CN1C(=O)CC(P(=S)(C(C)C)C(C)C)S1(=O)=O. The molecule has 1 amide bonds. The van der Waals surface area contributed by atoms with E-state index in [0.717, 1.165) is 9.87 Å². The second-order valence-corrected chi connectivity index (χ2v) is 16.4. The van der Waals surface area contributed by atoms with Gasteiger partial charge in [-0.05, 0) is 42.0 Å². The van der Waals surface area contributed by atoms with Crippen LogP contribution < -0.4 is 4.74 Å². The fourth-order valence-corrected chi connectivity index (χ4v) is 12.9. The number of hydrogen-bond donors (Lipinski definition) is 0. The van der Waals surface area contributed by atoms with E-state index in [9.17, 15) is 13.2 Å². The summed E-state index contributed by atoms with van der Waals surface area (Å²) in [4.78, 5) is 11.9. The van der Waals surface area contributed by atoms with Gasteiger partial charge in [0, 0.05) is 10.6 Å². The molecule has 1 aromatic carbocycles. The molecule has 1 aliphatic rings. The van der Waals surface area contributed by atoms with Crippen molar-refractivity contribution in [3.63, 3.8) is 0 Å². The number of rotatable bonds is 6. The van der Waals surface area contributed by atoms with E-state index in [2.05, 4.69) is 0 Å². The second kappa shape index (κ2) is 8.02. The fraction of sp³-hybridized carbons (Fsp3) is 0.611. The molecule has 1 heterocycles. The first-order valence-electron chi connectivity index (χ1n) is 8.83. The Hall–Kier alpha value is -0.620. The normalized spacial score (nSPS) is 20.0. The lowest BCUT2D eigenvalue weighted by Crippen LogP contribution is -2.33. The Labute approximate surface area is 172 Å². The molecule has 1 unspecified atom stereocenters. The van der Waals surface area contributed by atoms with Gasteiger partial charge in [-0.2, -0.15) is 0 Å². The van der Waals surface area contributed by atoms with E-state index in [1.807, 2.05) is 34.6 Å². The van der Waals surface area contributed by atoms with E-state index in [4.69, 9.17) is 28.1 Å². The predicted octanol–water partition coefficient (Wildman–Crippen LogP) is 4.34. The molecule has 0 aromatic heterocycles. The quantitative estimate of drug-likeness (QED) is 0.602. The monoisotopic (exact) mass is 451 g/mol. The third-order valence-corrected chi connectivity index (χ3v) is 17.2. The summed E-state index contributed by atoms with van der Waals surface area (Å²) in [5.41, 5.74) is 1.46. The summed E-state index contributed by atoms with van der Waals surface area (Å²) in [5.74, 6) is 0.0489. The van der Waals surface area contributed by atoms with Crippen LogP contribution in [0.15, 0.2) is 12.1 Å². The van der Waals surface area contributed by atoms with Crippen molar-refractivity contribution in [2.24, 2.45) is 0 Å². The van der Waals surface area contributed by atoms with Gasteiger partial charge in [-0.15, -0.1) is 0 Å². The molecule has 9 heteroatoms. The Balaban J connectivity index is 2.50. The molecule has 0 bridgehead atoms. The number of carbonyl (C=O) groups excluding carboxylic acids is 1. The molecule has 0 radical (unpaired) electrons. The fourth-order valence-electron chi connectivity index (χ4n) is 3.66. The Bertz CT molecular complexity index is 887. The highest BCUT2D eigenvalue weighted by Crippen LogP contribution is 2.64. The number of halogens is 1. The number of amides is 1. The number of ether oxygens (including phenoxy) is 1. The zero-order chi connectivity index (χ0) is 20.7. The number of aryl methyl sites for hydroxylation is 1. The molecule has 0 spiro atoms. The van der Waals surface area contributed by atoms with Gasteiger partial charge >= 0.3 is 0 Å². The van der Waals surface area contributed by atoms with Crippen LogP contribution >= 0.6 is 17.6 Å². The Morgan fingerprint density at radius 3 is 2.33 bits per heavy atom. The Kier molecular flexibility index (Phi) is 6.73. The zero-order valence-corrected chi connectivity index (χ0v) is 19.8. The minimum absolute atomic E-state index is 0.0394. The Morgan fingerprint density at radius 1 is 1.30 bits per heavy atom. The van der Waals surface area contributed by atoms with Gasteiger partial charge in [-0.1, -0.05) is 51.1 Å². The highest BCUT2D eigenvalue weighted by atomic mass is 35.5. The summed E-state index contributed by atoms with van der Waals surface area (Å²) in [6.45, 7) is 9.58. The average Bonchev–Trinajstić information content (AvgIpc) is 2.78. The predicted molar refractivity (Wildman–Crippen MR) is 115 cm³/mol. The topological polar surface area (TPSA) is 63.7 Å². The molecule has 1 fully saturated rings. The molecular weight excluding hydrogens is 425 g/mol. The minimum atomic E-state index is -3.86. The summed E-state index contributed by atoms with van der Waals surface area (Å²) in [5, 5.41) is 0.380. The first-order chi connectivity index (χ1) is 12.4. The van der Waals surface area contributed by atoms with E-state index >= 15 is 0 Å². The van der Waals surface area contributed by atoms with E-state index in [0.29, 0.717) is 16.3 Å². The number of benzene rings is 1. The molecule has 27 heavy (non-hydrogen) atoms. The van der Waals surface area contributed by atoms with Gasteiger partial charge in [0.15, 0.2) is 0 Å². The molecule has 152 valence electrons. The van der Waals surface area contributed by atoms with Crippen molar-refractivity contribution >= 4 is 45.4 Å². The van der Waals surface area contributed by atoms with Crippen molar-refractivity contribution in [1.29, 1.82) is 0 Å². The van der Waals surface area contributed by atoms with Crippen LogP contribution in [0.4, 0.5) is 0 Å². The highest BCUT2D eigenvalue weighted by molar-refractivity contribution is 8.21. The van der Waals surface area contributed by atoms with Crippen LogP contribution in [-0.2, 0) is 33.2 Å². The minimum Gasteiger partial charge on any atom is -0.496 e. The van der Waals surface area contributed by atoms with E-state index < -0.39 is 27.0 Å². The van der Waals surface area contributed by atoms with Crippen LogP contribution in [0.3, 0.4) is 0 Å². The zero-order valence-electron chi connectivity index (χ0n) is 16.5. The van der Waals surface area contributed by atoms with Crippen LogP contribution in [0.25, 0.3) is 0 Å². The van der Waals surface area contributed by atoms with Gasteiger partial charge in [-0.3, -0.25) is 4.79 Å². The van der Waals surface area contributed by atoms with Gasteiger partial charge in [-0.25, -0.2) is 12.7 Å². The number of nitrogens with zero attached hydrogens (tertiary/aromatic N) is 1. The molecular formula is C18H27ClNO4PS2. The lowest BCUT2D eigenvalue weighted by Gasteiger charge is -2.34. The van der Waals surface area contributed by atoms with Crippen molar-refractivity contribution in [1.82, 2.24) is 4.31 Å². The highest BCUT2D eigenvalue weighted by Gasteiger charge is 2.53. The van der Waals surface area contributed by atoms with Gasteiger partial charge in [0.25, 0.3) is 0 Å². The summed E-state index contributed by atoms with van der Waals surface area (Å²) in [6, 6.07) is 1.18. The maximum Gasteiger partial charge on any atom is 0.245 e. The van der Waals surface area contributed by atoms with Crippen LogP contribution in [0.1, 0.15) is 45.2 Å². The van der Waals surface area contributed by atoms with Crippen molar-refractivity contribution in [3.05, 3.63) is 28.3 Å². The summed E-state index contributed by atoms with van der Waals surface area (Å²) < 4.78 is 33.0. The molecule has 1 aliphatic heterocycles. The lowest BCUT2D eigenvalue weighted by atomic mass is 10.1. The molecule has 1 saturated heterocycles. The second-order valence-electron chi connectivity index (χ2n) is 7.48. The number of methoxy groups -OCH3 is 1. The molecule has 0 aliphatic carbocycles. The summed E-state index contributed by atoms with van der Waals surface area (Å²) in [6.07, 6.45) is -0.0538. The van der Waals surface area contributed by atoms with E-state index in [1.54, 1.807) is 12.1 Å². The van der Waals surface area contributed by atoms with Crippen molar-refractivity contribution < 1.29 is 17.9 Å². The molecule has 5 nitrogen and oxygen atoms in total. The third-order valence-electron chi connectivity index (χ3n) is 5.16. The Morgan fingerprint density at radius 2 is 1.85 bits per heavy atom. The first kappa shape index (κ1) is 22.7. The smallest absolute Gasteiger partial charge is 0.245 e. The number of hydrogen-bond acceptors (Lipinski definition) is 5. The third kappa shape index (κ3) is 3.93. The van der Waals surface area contributed by atoms with E-state index in [-0.39, 0.29) is 24.3 Å². The first-order valence-corrected chi connectivity index (χ1v) is 13.7. The maximum atomic E-state index is 13.3. The molecule has 2 rings (SSSR count). The summed E-state index contributed by atoms with van der Waals surface area (Å²) >= 11 is 12.3. The van der Waals surface area contributed by atoms with Crippen LogP contribution in [0.5, 0.6) is 5.75 Å². The molecule has 1 atom stereocenters. The molecule has 0 N–H and O–H groups in total. The molecule has 0 saturated carbocycles. The van der Waals surface area contributed by atoms with Crippen molar-refractivity contribution in [3.8, 4) is 5.75 Å². The van der Waals surface area contributed by atoms with Gasteiger partial charge in [0.2, 0.25) is 15.9 Å². The van der Waals surface area contributed by atoms with Crippen molar-refractivity contribution in [2.45, 2.75) is 63.9 Å². The van der Waals surface area contributed by atoms with E-state index in [1.165, 1.54) is 7.11 Å².